The van der Waals surface area contributed by atoms with E-state index in [1.54, 1.807) is 18.3 Å². The van der Waals surface area contributed by atoms with Gasteiger partial charge in [-0.1, -0.05) is 34.5 Å². The summed E-state index contributed by atoms with van der Waals surface area (Å²) >= 11 is 3.53. The van der Waals surface area contributed by atoms with E-state index in [0.29, 0.717) is 12.4 Å². The Labute approximate surface area is 145 Å². The van der Waals surface area contributed by atoms with Crippen molar-refractivity contribution in [2.24, 2.45) is 0 Å². The van der Waals surface area contributed by atoms with E-state index in [4.69, 9.17) is 0 Å². The zero-order chi connectivity index (χ0) is 16.5. The van der Waals surface area contributed by atoms with E-state index < -0.39 is 9.84 Å². The highest BCUT2D eigenvalue weighted by Crippen LogP contribution is 2.44. The molecule has 1 N–H and O–H groups in total. The molecule has 1 aliphatic rings. The molecule has 0 amide bonds. The molecule has 1 aromatic heterocycles. The second-order valence-electron chi connectivity index (χ2n) is 6.12. The average Bonchev–Trinajstić information content (AvgIpc) is 2.46. The Morgan fingerprint density at radius 1 is 1.26 bits per heavy atom. The Morgan fingerprint density at radius 3 is 2.65 bits per heavy atom. The Hall–Kier alpha value is -1.40. The Bertz CT molecular complexity index is 817. The van der Waals surface area contributed by atoms with Gasteiger partial charge in [0.25, 0.3) is 0 Å². The number of hydrogen-bond acceptors (Lipinski definition) is 4. The van der Waals surface area contributed by atoms with Crippen LogP contribution >= 0.6 is 15.9 Å². The summed E-state index contributed by atoms with van der Waals surface area (Å²) < 4.78 is 24.8. The summed E-state index contributed by atoms with van der Waals surface area (Å²) in [6.45, 7) is 0.684. The first kappa shape index (κ1) is 16.5. The Balaban J connectivity index is 1.85. The van der Waals surface area contributed by atoms with Gasteiger partial charge in [0.15, 0.2) is 9.84 Å². The minimum Gasteiger partial charge on any atom is -0.368 e. The van der Waals surface area contributed by atoms with Gasteiger partial charge in [-0.05, 0) is 42.7 Å². The number of halogens is 1. The van der Waals surface area contributed by atoms with Gasteiger partial charge in [-0.2, -0.15) is 0 Å². The van der Waals surface area contributed by atoms with Crippen molar-refractivity contribution in [3.8, 4) is 0 Å². The lowest BCUT2D eigenvalue weighted by Gasteiger charge is -2.43. The Morgan fingerprint density at radius 2 is 2.04 bits per heavy atom. The molecular weight excluding hydrogens is 376 g/mol. The van der Waals surface area contributed by atoms with Crippen molar-refractivity contribution in [1.29, 1.82) is 0 Å². The van der Waals surface area contributed by atoms with Gasteiger partial charge in [-0.15, -0.1) is 0 Å². The maximum Gasteiger partial charge on any atom is 0.179 e. The van der Waals surface area contributed by atoms with Crippen LogP contribution in [-0.4, -0.2) is 26.2 Å². The van der Waals surface area contributed by atoms with Crippen LogP contribution in [0.25, 0.3) is 0 Å². The van der Waals surface area contributed by atoms with Crippen molar-refractivity contribution in [3.63, 3.8) is 0 Å². The van der Waals surface area contributed by atoms with Gasteiger partial charge in [0.05, 0.1) is 0 Å². The maximum absolute atomic E-state index is 11.9. The van der Waals surface area contributed by atoms with Gasteiger partial charge in [0, 0.05) is 28.9 Å². The third-order valence-electron chi connectivity index (χ3n) is 4.51. The van der Waals surface area contributed by atoms with Crippen LogP contribution in [0, 0.1) is 0 Å². The molecular formula is C17H19BrN2O2S. The van der Waals surface area contributed by atoms with Gasteiger partial charge in [-0.3, -0.25) is 0 Å². The van der Waals surface area contributed by atoms with Gasteiger partial charge in [0.1, 0.15) is 10.7 Å². The predicted octanol–water partition coefficient (Wildman–Crippen LogP) is 3.78. The highest BCUT2D eigenvalue weighted by molar-refractivity contribution is 9.10. The van der Waals surface area contributed by atoms with E-state index in [2.05, 4.69) is 38.4 Å². The maximum atomic E-state index is 11.9. The molecule has 0 bridgehead atoms. The molecule has 23 heavy (non-hydrogen) atoms. The number of benzene rings is 1. The summed E-state index contributed by atoms with van der Waals surface area (Å²) in [5.41, 5.74) is 1.33. The third-order valence-corrected chi connectivity index (χ3v) is 6.13. The largest absolute Gasteiger partial charge is 0.368 e. The standard InChI is InChI=1S/C17H19BrN2O2S/c1-23(21,22)15-7-3-10-19-16(15)20-12-17(8-4-9-17)13-5-2-6-14(18)11-13/h2-3,5-7,10-11H,4,8-9,12H2,1H3,(H,19,20). The molecule has 1 aromatic carbocycles. The van der Waals surface area contributed by atoms with Crippen LogP contribution in [0.3, 0.4) is 0 Å². The molecule has 1 aliphatic carbocycles. The molecule has 4 nitrogen and oxygen atoms in total. The fraction of sp³-hybridized carbons (Fsp3) is 0.353. The highest BCUT2D eigenvalue weighted by atomic mass is 79.9. The molecule has 2 aromatic rings. The molecule has 1 heterocycles. The zero-order valence-corrected chi connectivity index (χ0v) is 15.3. The first-order valence-electron chi connectivity index (χ1n) is 7.56. The van der Waals surface area contributed by atoms with Gasteiger partial charge >= 0.3 is 0 Å². The molecule has 0 saturated heterocycles. The third kappa shape index (κ3) is 3.43. The van der Waals surface area contributed by atoms with Crippen molar-refractivity contribution in [2.45, 2.75) is 29.6 Å². The van der Waals surface area contributed by atoms with Crippen LogP contribution in [-0.2, 0) is 15.3 Å². The number of anilines is 1. The molecule has 0 radical (unpaired) electrons. The summed E-state index contributed by atoms with van der Waals surface area (Å²) in [4.78, 5) is 4.47. The minimum atomic E-state index is -3.29. The number of hydrogen-bond donors (Lipinski definition) is 1. The van der Waals surface area contributed by atoms with Crippen molar-refractivity contribution < 1.29 is 8.42 Å². The molecule has 6 heteroatoms. The minimum absolute atomic E-state index is 0.0517. The monoisotopic (exact) mass is 394 g/mol. The van der Waals surface area contributed by atoms with Crippen LogP contribution in [0.2, 0.25) is 0 Å². The van der Waals surface area contributed by atoms with Crippen LogP contribution in [0.5, 0.6) is 0 Å². The fourth-order valence-corrected chi connectivity index (χ4v) is 4.27. The van der Waals surface area contributed by atoms with Crippen LogP contribution in [0.15, 0.2) is 52.0 Å². The smallest absolute Gasteiger partial charge is 0.179 e. The summed E-state index contributed by atoms with van der Waals surface area (Å²) in [6.07, 6.45) is 6.20. The van der Waals surface area contributed by atoms with E-state index in [-0.39, 0.29) is 10.3 Å². The first-order valence-corrected chi connectivity index (χ1v) is 10.2. The number of nitrogens with zero attached hydrogens (tertiary/aromatic N) is 1. The number of sulfone groups is 1. The molecule has 1 fully saturated rings. The lowest BCUT2D eigenvalue weighted by Crippen LogP contribution is -2.41. The molecule has 0 atom stereocenters. The van der Waals surface area contributed by atoms with E-state index in [1.807, 2.05) is 12.1 Å². The summed E-state index contributed by atoms with van der Waals surface area (Å²) in [7, 11) is -3.29. The van der Waals surface area contributed by atoms with Crippen molar-refractivity contribution in [3.05, 3.63) is 52.6 Å². The van der Waals surface area contributed by atoms with E-state index in [9.17, 15) is 8.42 Å². The van der Waals surface area contributed by atoms with Crippen LogP contribution in [0.4, 0.5) is 5.82 Å². The lowest BCUT2D eigenvalue weighted by molar-refractivity contribution is 0.260. The summed E-state index contributed by atoms with van der Waals surface area (Å²) in [5, 5.41) is 3.27. The SMILES string of the molecule is CS(=O)(=O)c1cccnc1NCC1(c2cccc(Br)c2)CCC1. The average molecular weight is 395 g/mol. The number of pyridine rings is 1. The van der Waals surface area contributed by atoms with Crippen molar-refractivity contribution >= 4 is 31.6 Å². The summed E-state index contributed by atoms with van der Waals surface area (Å²) in [5.74, 6) is 0.441. The number of rotatable bonds is 5. The number of nitrogens with one attached hydrogen (secondary N) is 1. The van der Waals surface area contributed by atoms with Crippen LogP contribution in [0.1, 0.15) is 24.8 Å². The second kappa shape index (κ2) is 6.24. The van der Waals surface area contributed by atoms with E-state index >= 15 is 0 Å². The number of aromatic nitrogens is 1. The van der Waals surface area contributed by atoms with Gasteiger partial charge < -0.3 is 5.32 Å². The van der Waals surface area contributed by atoms with Crippen molar-refractivity contribution in [2.75, 3.05) is 18.1 Å². The molecule has 3 rings (SSSR count). The van der Waals surface area contributed by atoms with Crippen molar-refractivity contribution in [1.82, 2.24) is 4.98 Å². The van der Waals surface area contributed by atoms with Gasteiger partial charge in [0.2, 0.25) is 0 Å². The molecule has 122 valence electrons. The highest BCUT2D eigenvalue weighted by Gasteiger charge is 2.38. The Kier molecular flexibility index (Phi) is 4.47. The van der Waals surface area contributed by atoms with Crippen LogP contribution < -0.4 is 5.32 Å². The lowest BCUT2D eigenvalue weighted by atomic mass is 9.64. The second-order valence-corrected chi connectivity index (χ2v) is 9.02. The molecule has 0 unspecified atom stereocenters. The van der Waals surface area contributed by atoms with Gasteiger partial charge in [-0.25, -0.2) is 13.4 Å². The first-order chi connectivity index (χ1) is 10.9. The van der Waals surface area contributed by atoms with E-state index in [0.717, 1.165) is 17.3 Å². The fourth-order valence-electron chi connectivity index (χ4n) is 3.06. The molecule has 0 spiro atoms. The zero-order valence-electron chi connectivity index (χ0n) is 12.9. The van der Waals surface area contributed by atoms with E-state index in [1.165, 1.54) is 18.2 Å². The topological polar surface area (TPSA) is 59.1 Å². The predicted molar refractivity (Wildman–Crippen MR) is 95.5 cm³/mol. The quantitative estimate of drug-likeness (QED) is 0.837. The molecule has 0 aliphatic heterocycles. The molecule has 1 saturated carbocycles. The summed E-state index contributed by atoms with van der Waals surface area (Å²) in [6, 6.07) is 11.6. The normalized spacial score (nSPS) is 16.6.